The van der Waals surface area contributed by atoms with Gasteiger partial charge >= 0.3 is 0 Å². The van der Waals surface area contributed by atoms with Gasteiger partial charge in [-0.1, -0.05) is 24.4 Å². The van der Waals surface area contributed by atoms with Crippen molar-refractivity contribution < 1.29 is 4.39 Å². The van der Waals surface area contributed by atoms with Crippen molar-refractivity contribution in [2.24, 2.45) is 11.7 Å². The molecule has 0 spiro atoms. The minimum absolute atomic E-state index is 0.0871. The molecule has 2 fully saturated rings. The molecule has 0 bridgehead atoms. The predicted octanol–water partition coefficient (Wildman–Crippen LogP) is 4.13. The fraction of sp³-hybridized carbons (Fsp3) is 0.647. The van der Waals surface area contributed by atoms with Crippen LogP contribution in [0.3, 0.4) is 0 Å². The highest BCUT2D eigenvalue weighted by molar-refractivity contribution is 6.30. The molecule has 3 atom stereocenters. The first-order chi connectivity index (χ1) is 10.2. The maximum absolute atomic E-state index is 13.7. The summed E-state index contributed by atoms with van der Waals surface area (Å²) >= 11 is 6.03. The Kier molecular flexibility index (Phi) is 4.82. The third-order valence-electron chi connectivity index (χ3n) is 5.18. The van der Waals surface area contributed by atoms with Crippen LogP contribution in [0, 0.1) is 11.7 Å². The Morgan fingerprint density at radius 2 is 1.95 bits per heavy atom. The Bertz CT molecular complexity index is 471. The molecule has 1 aromatic rings. The van der Waals surface area contributed by atoms with Crippen molar-refractivity contribution >= 4 is 11.6 Å². The highest BCUT2D eigenvalue weighted by Gasteiger charge is 2.36. The number of nitrogens with zero attached hydrogens (tertiary/aromatic N) is 1. The van der Waals surface area contributed by atoms with Gasteiger partial charge in [0.05, 0.1) is 0 Å². The van der Waals surface area contributed by atoms with Crippen molar-refractivity contribution in [1.29, 1.82) is 0 Å². The van der Waals surface area contributed by atoms with Crippen LogP contribution in [0.15, 0.2) is 18.2 Å². The lowest BCUT2D eigenvalue weighted by molar-refractivity contribution is 0.0275. The second kappa shape index (κ2) is 6.64. The summed E-state index contributed by atoms with van der Waals surface area (Å²) in [7, 11) is 0. The van der Waals surface area contributed by atoms with Gasteiger partial charge in [0.2, 0.25) is 0 Å². The number of rotatable bonds is 3. The molecule has 4 heteroatoms. The Hall–Kier alpha value is -0.640. The minimum Gasteiger partial charge on any atom is -0.329 e. The number of hydrogen-bond acceptors (Lipinski definition) is 2. The van der Waals surface area contributed by atoms with E-state index in [4.69, 9.17) is 17.3 Å². The number of likely N-dealkylation sites (tertiary alicyclic amines) is 1. The van der Waals surface area contributed by atoms with Crippen LogP contribution in [0.1, 0.15) is 50.1 Å². The van der Waals surface area contributed by atoms with Gasteiger partial charge in [-0.2, -0.15) is 0 Å². The highest BCUT2D eigenvalue weighted by atomic mass is 35.5. The van der Waals surface area contributed by atoms with E-state index in [1.807, 2.05) is 6.07 Å². The monoisotopic (exact) mass is 310 g/mol. The lowest BCUT2D eigenvalue weighted by Gasteiger charge is -2.47. The second-order valence-electron chi connectivity index (χ2n) is 6.45. The van der Waals surface area contributed by atoms with E-state index < -0.39 is 0 Å². The summed E-state index contributed by atoms with van der Waals surface area (Å²) in [6.45, 7) is 1.58. The van der Waals surface area contributed by atoms with Crippen LogP contribution < -0.4 is 5.73 Å². The molecule has 1 aliphatic heterocycles. The molecule has 0 radical (unpaired) electrons. The molecule has 2 N–H and O–H groups in total. The van der Waals surface area contributed by atoms with Crippen molar-refractivity contribution in [3.8, 4) is 0 Å². The largest absolute Gasteiger partial charge is 0.329 e. The minimum atomic E-state index is -0.270. The number of nitrogens with two attached hydrogens (primary N) is 1. The van der Waals surface area contributed by atoms with Crippen LogP contribution in [0.5, 0.6) is 0 Å². The second-order valence-corrected chi connectivity index (χ2v) is 6.88. The van der Waals surface area contributed by atoms with Crippen LogP contribution in [0.25, 0.3) is 0 Å². The Labute approximate surface area is 131 Å². The zero-order chi connectivity index (χ0) is 14.8. The van der Waals surface area contributed by atoms with E-state index in [1.165, 1.54) is 44.6 Å². The lowest BCUT2D eigenvalue weighted by atomic mass is 9.77. The van der Waals surface area contributed by atoms with Gasteiger partial charge in [-0.3, -0.25) is 4.90 Å². The first kappa shape index (κ1) is 15.3. The van der Waals surface area contributed by atoms with E-state index in [1.54, 1.807) is 6.07 Å². The maximum Gasteiger partial charge on any atom is 0.125 e. The zero-order valence-corrected chi connectivity index (χ0v) is 13.2. The quantitative estimate of drug-likeness (QED) is 0.909. The van der Waals surface area contributed by atoms with Crippen LogP contribution in [-0.2, 0) is 0 Å². The topological polar surface area (TPSA) is 29.3 Å². The first-order valence-electron chi connectivity index (χ1n) is 8.11. The molecule has 2 nitrogen and oxygen atoms in total. The molecule has 116 valence electrons. The lowest BCUT2D eigenvalue weighted by Crippen LogP contribution is -2.50. The van der Waals surface area contributed by atoms with Gasteiger partial charge < -0.3 is 5.73 Å². The summed E-state index contributed by atoms with van der Waals surface area (Å²) in [5.74, 6) is 0.527. The molecule has 0 amide bonds. The molecule has 2 aliphatic rings. The molecule has 0 aromatic heterocycles. The summed E-state index contributed by atoms with van der Waals surface area (Å²) < 4.78 is 13.7. The van der Waals surface area contributed by atoms with Crippen LogP contribution in [0.2, 0.25) is 5.02 Å². The van der Waals surface area contributed by atoms with Gasteiger partial charge in [0.25, 0.3) is 0 Å². The number of benzene rings is 1. The summed E-state index contributed by atoms with van der Waals surface area (Å²) in [5, 5.41) is 0.459. The third-order valence-corrected chi connectivity index (χ3v) is 5.40. The van der Waals surface area contributed by atoms with Crippen molar-refractivity contribution in [1.82, 2.24) is 4.90 Å². The Morgan fingerprint density at radius 3 is 2.71 bits per heavy atom. The van der Waals surface area contributed by atoms with E-state index in [0.717, 1.165) is 18.0 Å². The van der Waals surface area contributed by atoms with Gasteiger partial charge in [-0.25, -0.2) is 4.39 Å². The summed E-state index contributed by atoms with van der Waals surface area (Å²) in [4.78, 5) is 2.53. The predicted molar refractivity (Wildman–Crippen MR) is 84.9 cm³/mol. The van der Waals surface area contributed by atoms with Crippen molar-refractivity contribution in [2.45, 2.75) is 50.6 Å². The van der Waals surface area contributed by atoms with E-state index in [9.17, 15) is 4.39 Å². The maximum atomic E-state index is 13.7. The number of fused-ring (bicyclic) bond motifs is 1. The van der Waals surface area contributed by atoms with Gasteiger partial charge in [0.15, 0.2) is 0 Å². The smallest absolute Gasteiger partial charge is 0.125 e. The van der Waals surface area contributed by atoms with Crippen LogP contribution in [-0.4, -0.2) is 24.0 Å². The SMILES string of the molecule is NCC(c1cc(F)cc(Cl)c1)N1CCCC2CCCCC21. The van der Waals surface area contributed by atoms with E-state index in [2.05, 4.69) is 4.90 Å². The highest BCUT2D eigenvalue weighted by Crippen LogP contribution is 2.39. The number of piperidine rings is 1. The van der Waals surface area contributed by atoms with Crippen LogP contribution >= 0.6 is 11.6 Å². The molecule has 1 saturated carbocycles. The fourth-order valence-corrected chi connectivity index (χ4v) is 4.51. The summed E-state index contributed by atoms with van der Waals surface area (Å²) in [5.41, 5.74) is 6.98. The third kappa shape index (κ3) is 3.25. The molecular formula is C17H24ClFN2. The normalized spacial score (nSPS) is 28.1. The van der Waals surface area contributed by atoms with Crippen molar-refractivity contribution in [3.05, 3.63) is 34.6 Å². The molecule has 1 aromatic carbocycles. The average molecular weight is 311 g/mol. The number of halogens is 2. The van der Waals surface area contributed by atoms with E-state index in [0.29, 0.717) is 17.6 Å². The number of hydrogen-bond donors (Lipinski definition) is 1. The van der Waals surface area contributed by atoms with Gasteiger partial charge in [-0.05, 0) is 61.9 Å². The van der Waals surface area contributed by atoms with E-state index >= 15 is 0 Å². The standard InChI is InChI=1S/C17H24ClFN2/c18-14-8-13(9-15(19)10-14)17(11-20)21-7-3-5-12-4-1-2-6-16(12)21/h8-10,12,16-17H,1-7,11,20H2. The molecule has 21 heavy (non-hydrogen) atoms. The average Bonchev–Trinajstić information content (AvgIpc) is 2.47. The molecule has 1 saturated heterocycles. The Morgan fingerprint density at radius 1 is 1.19 bits per heavy atom. The Balaban J connectivity index is 1.87. The fourth-order valence-electron chi connectivity index (χ4n) is 4.28. The molecular weight excluding hydrogens is 287 g/mol. The van der Waals surface area contributed by atoms with E-state index in [-0.39, 0.29) is 11.9 Å². The van der Waals surface area contributed by atoms with Gasteiger partial charge in [0, 0.05) is 23.7 Å². The zero-order valence-electron chi connectivity index (χ0n) is 12.4. The van der Waals surface area contributed by atoms with Gasteiger partial charge in [-0.15, -0.1) is 0 Å². The summed E-state index contributed by atoms with van der Waals surface area (Å²) in [6, 6.07) is 5.52. The van der Waals surface area contributed by atoms with Crippen LogP contribution in [0.4, 0.5) is 4.39 Å². The van der Waals surface area contributed by atoms with Gasteiger partial charge in [0.1, 0.15) is 5.82 Å². The molecule has 3 unspecified atom stereocenters. The summed E-state index contributed by atoms with van der Waals surface area (Å²) in [6.07, 6.45) is 7.81. The van der Waals surface area contributed by atoms with Crippen molar-refractivity contribution in [3.63, 3.8) is 0 Å². The molecule has 1 aliphatic carbocycles. The molecule has 3 rings (SSSR count). The van der Waals surface area contributed by atoms with Crippen molar-refractivity contribution in [2.75, 3.05) is 13.1 Å². The molecule has 1 heterocycles. The first-order valence-corrected chi connectivity index (χ1v) is 8.48.